The number of rotatable bonds is 3. The maximum atomic E-state index is 6.07. The van der Waals surface area contributed by atoms with Crippen LogP contribution in [0.25, 0.3) is 0 Å². The number of hydrogen-bond acceptors (Lipinski definition) is 2. The van der Waals surface area contributed by atoms with Crippen molar-refractivity contribution in [3.63, 3.8) is 0 Å². The molecule has 72 valence electrons. The number of hydrogen-bond donors (Lipinski definition) is 1. The minimum atomic E-state index is 0.724. The van der Waals surface area contributed by atoms with Crippen molar-refractivity contribution in [1.82, 2.24) is 5.32 Å². The first kappa shape index (κ1) is 10.4. The predicted octanol–water partition coefficient (Wildman–Crippen LogP) is 2.38. The molecule has 0 aromatic heterocycles. The Balaban J connectivity index is 3.13. The van der Waals surface area contributed by atoms with E-state index in [0.29, 0.717) is 0 Å². The second-order valence-corrected chi connectivity index (χ2v) is 3.37. The molecule has 1 rings (SSSR count). The van der Waals surface area contributed by atoms with E-state index in [4.69, 9.17) is 16.3 Å². The number of nitrogens with one attached hydrogen (secondary N) is 1. The zero-order chi connectivity index (χ0) is 9.84. The van der Waals surface area contributed by atoms with Crippen molar-refractivity contribution in [2.24, 2.45) is 0 Å². The molecule has 0 radical (unpaired) electrons. The van der Waals surface area contributed by atoms with Crippen LogP contribution < -0.4 is 10.1 Å². The normalized spacial score (nSPS) is 10.2. The topological polar surface area (TPSA) is 21.3 Å². The quantitative estimate of drug-likeness (QED) is 0.807. The Kier molecular flexibility index (Phi) is 3.58. The van der Waals surface area contributed by atoms with Gasteiger partial charge in [0, 0.05) is 17.1 Å². The Hall–Kier alpha value is -0.730. The first-order valence-corrected chi connectivity index (χ1v) is 4.54. The average molecular weight is 200 g/mol. The summed E-state index contributed by atoms with van der Waals surface area (Å²) >= 11 is 6.07. The predicted molar refractivity (Wildman–Crippen MR) is 55.5 cm³/mol. The Labute approximate surface area is 83.9 Å². The summed E-state index contributed by atoms with van der Waals surface area (Å²) in [7, 11) is 3.54. The van der Waals surface area contributed by atoms with Crippen LogP contribution in [-0.2, 0) is 6.54 Å². The van der Waals surface area contributed by atoms with Gasteiger partial charge in [-0.1, -0.05) is 11.6 Å². The van der Waals surface area contributed by atoms with Gasteiger partial charge >= 0.3 is 0 Å². The molecule has 0 saturated carbocycles. The van der Waals surface area contributed by atoms with Gasteiger partial charge in [-0.2, -0.15) is 0 Å². The van der Waals surface area contributed by atoms with Gasteiger partial charge in [0.05, 0.1) is 7.11 Å². The average Bonchev–Trinajstić information content (AvgIpc) is 2.09. The van der Waals surface area contributed by atoms with E-state index in [1.807, 2.05) is 26.1 Å². The van der Waals surface area contributed by atoms with Crippen LogP contribution in [0.1, 0.15) is 11.1 Å². The van der Waals surface area contributed by atoms with Gasteiger partial charge in [0.1, 0.15) is 5.75 Å². The molecule has 0 aliphatic rings. The lowest BCUT2D eigenvalue weighted by Gasteiger charge is -2.10. The Bertz CT molecular complexity index is 299. The summed E-state index contributed by atoms with van der Waals surface area (Å²) in [5.74, 6) is 0.847. The lowest BCUT2D eigenvalue weighted by Crippen LogP contribution is -2.07. The zero-order valence-corrected chi connectivity index (χ0v) is 8.90. The van der Waals surface area contributed by atoms with Gasteiger partial charge in [-0.05, 0) is 31.7 Å². The van der Waals surface area contributed by atoms with Gasteiger partial charge in [-0.15, -0.1) is 0 Å². The van der Waals surface area contributed by atoms with Crippen LogP contribution in [0.2, 0.25) is 5.02 Å². The zero-order valence-electron chi connectivity index (χ0n) is 8.15. The van der Waals surface area contributed by atoms with Gasteiger partial charge in [0.15, 0.2) is 0 Å². The minimum absolute atomic E-state index is 0.724. The second kappa shape index (κ2) is 4.49. The third kappa shape index (κ3) is 2.36. The molecule has 13 heavy (non-hydrogen) atoms. The van der Waals surface area contributed by atoms with Gasteiger partial charge in [-0.3, -0.25) is 0 Å². The smallest absolute Gasteiger partial charge is 0.125 e. The van der Waals surface area contributed by atoms with Crippen LogP contribution in [0.15, 0.2) is 12.1 Å². The Morgan fingerprint density at radius 2 is 2.15 bits per heavy atom. The molecule has 0 aliphatic carbocycles. The molecular formula is C10H14ClNO. The van der Waals surface area contributed by atoms with Gasteiger partial charge in [0.2, 0.25) is 0 Å². The molecule has 0 atom stereocenters. The highest BCUT2D eigenvalue weighted by Crippen LogP contribution is 2.27. The van der Waals surface area contributed by atoms with Crippen molar-refractivity contribution < 1.29 is 4.74 Å². The van der Waals surface area contributed by atoms with E-state index >= 15 is 0 Å². The molecule has 2 nitrogen and oxygen atoms in total. The summed E-state index contributed by atoms with van der Waals surface area (Å²) in [6.07, 6.45) is 0. The molecule has 0 spiro atoms. The Morgan fingerprint density at radius 3 is 2.69 bits per heavy atom. The van der Waals surface area contributed by atoms with Crippen molar-refractivity contribution in [2.45, 2.75) is 13.5 Å². The highest BCUT2D eigenvalue weighted by Gasteiger charge is 2.07. The molecule has 1 N–H and O–H groups in total. The Morgan fingerprint density at radius 1 is 1.46 bits per heavy atom. The standard InChI is InChI=1S/C10H14ClNO/c1-7-4-9(11)8(6-12-2)10(5-7)13-3/h4-5,12H,6H2,1-3H3. The van der Waals surface area contributed by atoms with E-state index in [-0.39, 0.29) is 0 Å². The van der Waals surface area contributed by atoms with Crippen molar-refractivity contribution in [2.75, 3.05) is 14.2 Å². The van der Waals surface area contributed by atoms with Crippen molar-refractivity contribution in [3.05, 3.63) is 28.3 Å². The van der Waals surface area contributed by atoms with Crippen LogP contribution in [0.5, 0.6) is 5.75 Å². The highest BCUT2D eigenvalue weighted by atomic mass is 35.5. The van der Waals surface area contributed by atoms with Gasteiger partial charge in [-0.25, -0.2) is 0 Å². The molecule has 0 bridgehead atoms. The molecule has 0 fully saturated rings. The molecule has 0 saturated heterocycles. The summed E-state index contributed by atoms with van der Waals surface area (Å²) < 4.78 is 5.24. The summed E-state index contributed by atoms with van der Waals surface area (Å²) in [5, 5.41) is 3.81. The van der Waals surface area contributed by atoms with E-state index in [1.54, 1.807) is 7.11 Å². The van der Waals surface area contributed by atoms with E-state index < -0.39 is 0 Å². The maximum absolute atomic E-state index is 6.07. The number of ether oxygens (including phenoxy) is 1. The van der Waals surface area contributed by atoms with Crippen molar-refractivity contribution in [3.8, 4) is 5.75 Å². The monoisotopic (exact) mass is 199 g/mol. The summed E-state index contributed by atoms with van der Waals surface area (Å²) in [6, 6.07) is 3.93. The minimum Gasteiger partial charge on any atom is -0.496 e. The maximum Gasteiger partial charge on any atom is 0.125 e. The fraction of sp³-hybridized carbons (Fsp3) is 0.400. The van der Waals surface area contributed by atoms with Crippen LogP contribution in [-0.4, -0.2) is 14.2 Å². The number of aryl methyl sites for hydroxylation is 1. The highest BCUT2D eigenvalue weighted by molar-refractivity contribution is 6.31. The molecule has 0 aliphatic heterocycles. The summed E-state index contributed by atoms with van der Waals surface area (Å²) in [4.78, 5) is 0. The molecule has 0 heterocycles. The third-order valence-electron chi connectivity index (χ3n) is 1.87. The van der Waals surface area contributed by atoms with Crippen molar-refractivity contribution in [1.29, 1.82) is 0 Å². The van der Waals surface area contributed by atoms with Crippen molar-refractivity contribution >= 4 is 11.6 Å². The first-order valence-electron chi connectivity index (χ1n) is 4.16. The molecule has 0 unspecified atom stereocenters. The van der Waals surface area contributed by atoms with E-state index in [0.717, 1.165) is 28.4 Å². The fourth-order valence-electron chi connectivity index (χ4n) is 1.27. The second-order valence-electron chi connectivity index (χ2n) is 2.96. The lowest BCUT2D eigenvalue weighted by molar-refractivity contribution is 0.408. The molecule has 3 heteroatoms. The first-order chi connectivity index (χ1) is 6.19. The van der Waals surface area contributed by atoms with Crippen LogP contribution >= 0.6 is 11.6 Å². The van der Waals surface area contributed by atoms with Crippen LogP contribution in [0.3, 0.4) is 0 Å². The van der Waals surface area contributed by atoms with Crippen LogP contribution in [0.4, 0.5) is 0 Å². The fourth-order valence-corrected chi connectivity index (χ4v) is 1.60. The lowest BCUT2D eigenvalue weighted by atomic mass is 10.1. The van der Waals surface area contributed by atoms with Crippen LogP contribution in [0, 0.1) is 6.92 Å². The van der Waals surface area contributed by atoms with E-state index in [1.165, 1.54) is 0 Å². The molecule has 0 amide bonds. The van der Waals surface area contributed by atoms with E-state index in [9.17, 15) is 0 Å². The molecule has 1 aromatic carbocycles. The number of methoxy groups -OCH3 is 1. The number of halogens is 1. The molecule has 1 aromatic rings. The largest absolute Gasteiger partial charge is 0.496 e. The summed E-state index contributed by atoms with van der Waals surface area (Å²) in [6.45, 7) is 2.72. The number of benzene rings is 1. The SMILES string of the molecule is CNCc1c(Cl)cc(C)cc1OC. The third-order valence-corrected chi connectivity index (χ3v) is 2.21. The molecular weight excluding hydrogens is 186 g/mol. The van der Waals surface area contributed by atoms with Gasteiger partial charge in [0.25, 0.3) is 0 Å². The summed E-state index contributed by atoms with van der Waals surface area (Å²) in [5.41, 5.74) is 2.12. The van der Waals surface area contributed by atoms with Gasteiger partial charge < -0.3 is 10.1 Å². The van der Waals surface area contributed by atoms with E-state index in [2.05, 4.69) is 5.32 Å².